The molecule has 0 spiro atoms. The number of thiazole rings is 1. The van der Waals surface area contributed by atoms with Crippen LogP contribution in [0.15, 0.2) is 42.6 Å². The van der Waals surface area contributed by atoms with Gasteiger partial charge in [-0.05, 0) is 36.5 Å². The molecule has 2 aromatic heterocycles. The quantitative estimate of drug-likeness (QED) is 0.701. The lowest BCUT2D eigenvalue weighted by molar-refractivity contribution is 0.847. The van der Waals surface area contributed by atoms with E-state index in [4.69, 9.17) is 23.8 Å². The molecule has 3 aromatic rings. The van der Waals surface area contributed by atoms with E-state index in [1.54, 1.807) is 17.5 Å². The Kier molecular flexibility index (Phi) is 4.82. The van der Waals surface area contributed by atoms with Gasteiger partial charge in [-0.25, -0.2) is 4.98 Å². The second-order valence-corrected chi connectivity index (χ2v) is 6.40. The van der Waals surface area contributed by atoms with Crippen molar-refractivity contribution >= 4 is 55.6 Å². The van der Waals surface area contributed by atoms with Crippen molar-refractivity contribution < 1.29 is 0 Å². The van der Waals surface area contributed by atoms with E-state index in [1.807, 2.05) is 36.4 Å². The van der Waals surface area contributed by atoms with Gasteiger partial charge in [0.25, 0.3) is 0 Å². The van der Waals surface area contributed by atoms with E-state index in [2.05, 4.69) is 20.6 Å². The maximum atomic E-state index is 6.07. The van der Waals surface area contributed by atoms with Crippen molar-refractivity contribution in [3.8, 4) is 0 Å². The summed E-state index contributed by atoms with van der Waals surface area (Å²) in [4.78, 5) is 8.72. The number of nitrogens with one attached hydrogen (secondary N) is 2. The largest absolute Gasteiger partial charge is 0.362 e. The molecule has 0 atom stereocenters. The van der Waals surface area contributed by atoms with Gasteiger partial charge in [0, 0.05) is 19.2 Å². The third-order valence-electron chi connectivity index (χ3n) is 3.00. The van der Waals surface area contributed by atoms with E-state index in [0.717, 1.165) is 21.0 Å². The van der Waals surface area contributed by atoms with Crippen LogP contribution in [0.3, 0.4) is 0 Å². The van der Waals surface area contributed by atoms with Crippen molar-refractivity contribution in [2.24, 2.45) is 0 Å². The minimum atomic E-state index is 0.547. The molecular weight excluding hydrogens is 336 g/mol. The summed E-state index contributed by atoms with van der Waals surface area (Å²) >= 11 is 12.9. The Bertz CT molecular complexity index is 770. The van der Waals surface area contributed by atoms with Crippen molar-refractivity contribution in [2.75, 3.05) is 11.9 Å². The number of hydrogen-bond acceptors (Lipinski definition) is 4. The van der Waals surface area contributed by atoms with E-state index in [-0.39, 0.29) is 0 Å². The normalized spacial score (nSPS) is 10.6. The molecule has 0 saturated carbocycles. The van der Waals surface area contributed by atoms with Gasteiger partial charge in [0.05, 0.1) is 20.9 Å². The van der Waals surface area contributed by atoms with Crippen molar-refractivity contribution in [1.82, 2.24) is 15.3 Å². The van der Waals surface area contributed by atoms with Gasteiger partial charge < -0.3 is 10.6 Å². The maximum absolute atomic E-state index is 6.07. The molecule has 1 aromatic carbocycles. The molecule has 0 amide bonds. The molecule has 0 bridgehead atoms. The van der Waals surface area contributed by atoms with E-state index < -0.39 is 0 Å². The fraction of sp³-hybridized carbons (Fsp3) is 0.133. The predicted octanol–water partition coefficient (Wildman–Crippen LogP) is 3.87. The van der Waals surface area contributed by atoms with Crippen molar-refractivity contribution in [1.29, 1.82) is 0 Å². The summed E-state index contributed by atoms with van der Waals surface area (Å²) in [7, 11) is 0. The molecular formula is C15H13ClN4S2. The van der Waals surface area contributed by atoms with Gasteiger partial charge in [-0.2, -0.15) is 0 Å². The molecule has 112 valence electrons. The topological polar surface area (TPSA) is 49.8 Å². The van der Waals surface area contributed by atoms with Crippen molar-refractivity contribution in [3.05, 3.63) is 53.3 Å². The van der Waals surface area contributed by atoms with E-state index in [9.17, 15) is 0 Å². The van der Waals surface area contributed by atoms with Gasteiger partial charge in [0.2, 0.25) is 0 Å². The molecule has 0 radical (unpaired) electrons. The number of fused-ring (bicyclic) bond motifs is 1. The number of halogens is 1. The Morgan fingerprint density at radius 1 is 1.23 bits per heavy atom. The Morgan fingerprint density at radius 2 is 2.09 bits per heavy atom. The molecule has 2 N–H and O–H groups in total. The third-order valence-corrected chi connectivity index (χ3v) is 4.54. The number of hydrogen-bond donors (Lipinski definition) is 2. The van der Waals surface area contributed by atoms with E-state index in [0.29, 0.717) is 23.1 Å². The molecule has 0 fully saturated rings. The lowest BCUT2D eigenvalue weighted by Gasteiger charge is -2.08. The highest BCUT2D eigenvalue weighted by Gasteiger charge is 2.05. The lowest BCUT2D eigenvalue weighted by Crippen LogP contribution is -2.30. The highest BCUT2D eigenvalue weighted by Crippen LogP contribution is 2.25. The van der Waals surface area contributed by atoms with Crippen LogP contribution < -0.4 is 10.6 Å². The Balaban J connectivity index is 1.53. The van der Waals surface area contributed by atoms with E-state index in [1.165, 1.54) is 0 Å². The first-order valence-electron chi connectivity index (χ1n) is 6.72. The zero-order chi connectivity index (χ0) is 15.4. The molecule has 0 aliphatic carbocycles. The highest BCUT2D eigenvalue weighted by atomic mass is 35.5. The number of anilines is 1. The minimum Gasteiger partial charge on any atom is -0.362 e. The maximum Gasteiger partial charge on any atom is 0.190 e. The van der Waals surface area contributed by atoms with Crippen LogP contribution in [-0.4, -0.2) is 21.6 Å². The van der Waals surface area contributed by atoms with Crippen molar-refractivity contribution in [3.63, 3.8) is 0 Å². The number of nitrogens with zero attached hydrogens (tertiary/aromatic N) is 2. The second kappa shape index (κ2) is 7.00. The van der Waals surface area contributed by atoms with Gasteiger partial charge in [-0.3, -0.25) is 4.98 Å². The smallest absolute Gasteiger partial charge is 0.190 e. The minimum absolute atomic E-state index is 0.547. The highest BCUT2D eigenvalue weighted by molar-refractivity contribution is 7.80. The van der Waals surface area contributed by atoms with Crippen molar-refractivity contribution in [2.45, 2.75) is 6.42 Å². The van der Waals surface area contributed by atoms with Gasteiger partial charge in [-0.15, -0.1) is 0 Å². The summed E-state index contributed by atoms with van der Waals surface area (Å²) in [5, 5.41) is 8.26. The molecule has 0 unspecified atom stereocenters. The average Bonchev–Trinajstić information content (AvgIpc) is 2.91. The van der Waals surface area contributed by atoms with Crippen LogP contribution in [-0.2, 0) is 6.42 Å². The van der Waals surface area contributed by atoms with Crippen LogP contribution >= 0.6 is 35.2 Å². The van der Waals surface area contributed by atoms with Crippen LogP contribution in [0, 0.1) is 0 Å². The van der Waals surface area contributed by atoms with Crippen LogP contribution in [0.5, 0.6) is 0 Å². The number of para-hydroxylation sites is 1. The number of benzene rings is 1. The number of pyridine rings is 1. The zero-order valence-electron chi connectivity index (χ0n) is 11.5. The molecule has 0 aliphatic heterocycles. The Labute approximate surface area is 142 Å². The second-order valence-electron chi connectivity index (χ2n) is 4.55. The Morgan fingerprint density at radius 3 is 2.91 bits per heavy atom. The van der Waals surface area contributed by atoms with Crippen LogP contribution in [0.4, 0.5) is 5.13 Å². The van der Waals surface area contributed by atoms with Gasteiger partial charge >= 0.3 is 0 Å². The fourth-order valence-electron chi connectivity index (χ4n) is 1.96. The standard InChI is InChI=1S/C15H13ClN4S2/c16-10-4-3-8-17-11(10)7-9-18-14(21)20-15-19-12-5-1-2-6-13(12)22-15/h1-6,8H,7,9H2,(H2,18,19,20,21). The molecule has 0 aliphatic rings. The fourth-order valence-corrected chi connectivity index (χ4v) is 3.31. The summed E-state index contributed by atoms with van der Waals surface area (Å²) in [6, 6.07) is 11.6. The number of thiocarbonyl (C=S) groups is 1. The van der Waals surface area contributed by atoms with E-state index >= 15 is 0 Å². The summed E-state index contributed by atoms with van der Waals surface area (Å²) in [5.74, 6) is 0. The monoisotopic (exact) mass is 348 g/mol. The first-order chi connectivity index (χ1) is 10.7. The summed E-state index contributed by atoms with van der Waals surface area (Å²) < 4.78 is 1.13. The van der Waals surface area contributed by atoms with Gasteiger partial charge in [0.15, 0.2) is 10.2 Å². The van der Waals surface area contributed by atoms with Gasteiger partial charge in [0.1, 0.15) is 0 Å². The Hall–Kier alpha value is -1.76. The molecule has 2 heterocycles. The molecule has 22 heavy (non-hydrogen) atoms. The zero-order valence-corrected chi connectivity index (χ0v) is 13.9. The lowest BCUT2D eigenvalue weighted by atomic mass is 10.3. The third kappa shape index (κ3) is 3.71. The van der Waals surface area contributed by atoms with Gasteiger partial charge in [-0.1, -0.05) is 35.1 Å². The SMILES string of the molecule is S=C(NCCc1ncccc1Cl)Nc1nc2ccccc2s1. The number of aromatic nitrogens is 2. The first-order valence-corrected chi connectivity index (χ1v) is 8.32. The van der Waals surface area contributed by atoms with Crippen LogP contribution in [0.25, 0.3) is 10.2 Å². The average molecular weight is 349 g/mol. The molecule has 3 rings (SSSR count). The molecule has 0 saturated heterocycles. The van der Waals surface area contributed by atoms with Crippen LogP contribution in [0.2, 0.25) is 5.02 Å². The molecule has 4 nitrogen and oxygen atoms in total. The molecule has 7 heteroatoms. The summed E-state index contributed by atoms with van der Waals surface area (Å²) in [6.45, 7) is 0.660. The predicted molar refractivity (Wildman–Crippen MR) is 96.8 cm³/mol. The first kappa shape index (κ1) is 15.1. The summed E-state index contributed by atoms with van der Waals surface area (Å²) in [5.41, 5.74) is 1.83. The van der Waals surface area contributed by atoms with Crippen LogP contribution in [0.1, 0.15) is 5.69 Å². The number of rotatable bonds is 4. The summed E-state index contributed by atoms with van der Waals surface area (Å²) in [6.07, 6.45) is 2.44.